The van der Waals surface area contributed by atoms with Crippen molar-refractivity contribution in [3.8, 4) is 0 Å². The monoisotopic (exact) mass is 824 g/mol. The van der Waals surface area contributed by atoms with E-state index >= 15 is 0 Å². The van der Waals surface area contributed by atoms with Gasteiger partial charge in [0.05, 0.1) is 24.0 Å². The van der Waals surface area contributed by atoms with Crippen LogP contribution in [0, 0.1) is 17.8 Å². The number of nitrogens with two attached hydrogens (primary N) is 2. The van der Waals surface area contributed by atoms with Crippen LogP contribution in [-0.4, -0.2) is 114 Å². The second kappa shape index (κ2) is 24.0. The average molecular weight is 825 g/mol. The summed E-state index contributed by atoms with van der Waals surface area (Å²) in [4.78, 5) is 97.5. The van der Waals surface area contributed by atoms with E-state index in [1.54, 1.807) is 19.3 Å². The zero-order chi connectivity index (χ0) is 44.4. The third kappa shape index (κ3) is 15.7. The molecular weight excluding hydrogens is 764 g/mol. The highest BCUT2D eigenvalue weighted by molar-refractivity contribution is 6.00. The lowest BCUT2D eigenvalue weighted by atomic mass is 9.94. The molecule has 1 aliphatic rings. The SMILES string of the molecule is C/C=C1/C(=O)NC(C(=O)O)[C@H](C)C(=O)N[C@@H](CCCN=C(N)N)C(=O)N[C@@H](/C=C/C(C)=C/[C@H](C)[C@H](Cc2ccccc2)OC)[C@H](C)C(=O)NC(C(=O)O)CCC(=O)N1C. The lowest BCUT2D eigenvalue weighted by Crippen LogP contribution is -2.56. The van der Waals surface area contributed by atoms with Gasteiger partial charge in [0.1, 0.15) is 23.8 Å². The molecule has 1 heterocycles. The first-order valence-electron chi connectivity index (χ1n) is 19.4. The van der Waals surface area contributed by atoms with Crippen molar-refractivity contribution in [2.24, 2.45) is 34.2 Å². The molecule has 1 aromatic carbocycles. The Bertz CT molecular complexity index is 1780. The number of carbonyl (C=O) groups is 7. The Hall–Kier alpha value is -6.04. The second-order valence-corrected chi connectivity index (χ2v) is 14.6. The molecule has 1 saturated heterocycles. The molecule has 5 amide bonds. The van der Waals surface area contributed by atoms with Gasteiger partial charge < -0.3 is 52.6 Å². The van der Waals surface area contributed by atoms with Gasteiger partial charge in [0.2, 0.25) is 23.6 Å². The van der Waals surface area contributed by atoms with Gasteiger partial charge in [0, 0.05) is 33.0 Å². The van der Waals surface area contributed by atoms with Crippen LogP contribution in [0.25, 0.3) is 0 Å². The third-order valence-corrected chi connectivity index (χ3v) is 10.1. The number of hydrogen-bond donors (Lipinski definition) is 8. The lowest BCUT2D eigenvalue weighted by Gasteiger charge is -2.28. The normalized spacial score (nSPS) is 25.1. The zero-order valence-corrected chi connectivity index (χ0v) is 34.8. The summed E-state index contributed by atoms with van der Waals surface area (Å²) in [7, 11) is 2.88. The van der Waals surface area contributed by atoms with E-state index in [0.717, 1.165) is 16.0 Å². The van der Waals surface area contributed by atoms with E-state index in [2.05, 4.69) is 26.3 Å². The molecular formula is C41H60N8O10. The maximum Gasteiger partial charge on any atom is 0.327 e. The number of aliphatic carboxylic acids is 2. The Labute approximate surface area is 344 Å². The fourth-order valence-corrected chi connectivity index (χ4v) is 6.38. The van der Waals surface area contributed by atoms with Crippen LogP contribution in [0.2, 0.25) is 0 Å². The number of carboxylic acids is 2. The Kier molecular flexibility index (Phi) is 20.0. The van der Waals surface area contributed by atoms with Crippen LogP contribution in [0.4, 0.5) is 0 Å². The summed E-state index contributed by atoms with van der Waals surface area (Å²) in [5.74, 6) is -9.91. The number of guanidine groups is 1. The first kappa shape index (κ1) is 49.1. The molecule has 1 fully saturated rings. The molecule has 1 aliphatic heterocycles. The van der Waals surface area contributed by atoms with E-state index < -0.39 is 83.9 Å². The molecule has 8 atom stereocenters. The van der Waals surface area contributed by atoms with Crippen LogP contribution in [-0.2, 0) is 44.7 Å². The van der Waals surface area contributed by atoms with Crippen LogP contribution in [0.3, 0.4) is 0 Å². The molecule has 0 bridgehead atoms. The number of rotatable bonds is 13. The van der Waals surface area contributed by atoms with Gasteiger partial charge in [-0.15, -0.1) is 0 Å². The molecule has 1 aromatic rings. The summed E-state index contributed by atoms with van der Waals surface area (Å²) >= 11 is 0. The highest BCUT2D eigenvalue weighted by Crippen LogP contribution is 2.19. The maximum absolute atomic E-state index is 14.1. The summed E-state index contributed by atoms with van der Waals surface area (Å²) in [5, 5.41) is 30.2. The summed E-state index contributed by atoms with van der Waals surface area (Å²) in [6, 6.07) is 4.12. The first-order chi connectivity index (χ1) is 27.8. The minimum atomic E-state index is -1.80. The van der Waals surface area contributed by atoms with Gasteiger partial charge in [0.25, 0.3) is 5.91 Å². The fraction of sp³-hybridized carbons (Fsp3) is 0.512. The van der Waals surface area contributed by atoms with E-state index in [-0.39, 0.29) is 49.5 Å². The smallest absolute Gasteiger partial charge is 0.327 e. The van der Waals surface area contributed by atoms with E-state index in [4.69, 9.17) is 16.2 Å². The number of benzene rings is 1. The first-order valence-corrected chi connectivity index (χ1v) is 19.4. The number of carbonyl (C=O) groups excluding carboxylic acids is 5. The topological polar surface area (TPSA) is 285 Å². The molecule has 18 nitrogen and oxygen atoms in total. The van der Waals surface area contributed by atoms with Gasteiger partial charge in [-0.2, -0.15) is 0 Å². The van der Waals surface area contributed by atoms with E-state index in [0.29, 0.717) is 6.42 Å². The van der Waals surface area contributed by atoms with E-state index in [1.165, 1.54) is 33.9 Å². The number of nitrogens with one attached hydrogen (secondary N) is 4. The van der Waals surface area contributed by atoms with Crippen LogP contribution in [0.5, 0.6) is 0 Å². The third-order valence-electron chi connectivity index (χ3n) is 10.1. The highest BCUT2D eigenvalue weighted by atomic mass is 16.5. The number of allylic oxidation sites excluding steroid dienone is 3. The molecule has 0 aliphatic carbocycles. The van der Waals surface area contributed by atoms with Crippen molar-refractivity contribution < 1.29 is 48.5 Å². The lowest BCUT2D eigenvalue weighted by molar-refractivity contribution is -0.146. The van der Waals surface area contributed by atoms with Gasteiger partial charge >= 0.3 is 11.9 Å². The largest absolute Gasteiger partial charge is 0.480 e. The molecule has 0 aromatic heterocycles. The summed E-state index contributed by atoms with van der Waals surface area (Å²) in [6.07, 6.45) is 6.35. The van der Waals surface area contributed by atoms with Crippen LogP contribution in [0.15, 0.2) is 70.9 Å². The average Bonchev–Trinajstić information content (AvgIpc) is 3.19. The number of methoxy groups -OCH3 is 1. The number of nitrogens with zero attached hydrogens (tertiary/aromatic N) is 2. The van der Waals surface area contributed by atoms with E-state index in [1.807, 2.05) is 50.3 Å². The fourth-order valence-electron chi connectivity index (χ4n) is 6.38. The summed E-state index contributed by atoms with van der Waals surface area (Å²) in [5.41, 5.74) is 12.5. The van der Waals surface area contributed by atoms with Crippen LogP contribution >= 0.6 is 0 Å². The Morgan fingerprint density at radius 3 is 2.19 bits per heavy atom. The molecule has 10 N–H and O–H groups in total. The Morgan fingerprint density at radius 2 is 1.61 bits per heavy atom. The summed E-state index contributed by atoms with van der Waals surface area (Å²) < 4.78 is 5.79. The van der Waals surface area contributed by atoms with Gasteiger partial charge in [-0.05, 0) is 45.1 Å². The van der Waals surface area contributed by atoms with Crippen LogP contribution in [0.1, 0.15) is 65.9 Å². The number of amides is 5. The Morgan fingerprint density at radius 1 is 0.966 bits per heavy atom. The molecule has 59 heavy (non-hydrogen) atoms. The number of aliphatic imine (C=N–C) groups is 1. The van der Waals surface area contributed by atoms with Gasteiger partial charge in [-0.1, -0.05) is 81.0 Å². The Balaban J connectivity index is 2.63. The molecule has 0 spiro atoms. The van der Waals surface area contributed by atoms with Crippen LogP contribution < -0.4 is 32.7 Å². The number of hydrogen-bond acceptors (Lipinski definition) is 9. The van der Waals surface area contributed by atoms with Crippen molar-refractivity contribution in [3.05, 3.63) is 71.5 Å². The van der Waals surface area contributed by atoms with E-state index in [9.17, 15) is 43.8 Å². The van der Waals surface area contributed by atoms with Crippen molar-refractivity contribution in [2.45, 2.75) is 97.0 Å². The number of carboxylic acid groups (broad SMARTS) is 2. The number of ether oxygens (including phenoxy) is 1. The van der Waals surface area contributed by atoms with Crippen molar-refractivity contribution >= 4 is 47.4 Å². The maximum atomic E-state index is 14.1. The molecule has 0 radical (unpaired) electrons. The van der Waals surface area contributed by atoms with Crippen molar-refractivity contribution in [1.82, 2.24) is 26.2 Å². The molecule has 2 rings (SSSR count). The minimum Gasteiger partial charge on any atom is -0.480 e. The quantitative estimate of drug-likeness (QED) is 0.0454. The predicted molar refractivity (Wildman–Crippen MR) is 220 cm³/mol. The summed E-state index contributed by atoms with van der Waals surface area (Å²) in [6.45, 7) is 8.07. The molecule has 324 valence electrons. The van der Waals surface area contributed by atoms with Gasteiger partial charge in [-0.3, -0.25) is 29.0 Å². The number of likely N-dealkylation sites (N-methyl/N-ethyl adjacent to an activating group) is 1. The predicted octanol–water partition coefficient (Wildman–Crippen LogP) is 0.973. The standard InChI is InChI=1S/C41H60N8O10/c1-8-31-38(54)48-34(40(57)58)26(5)36(52)46-29(15-12-20-44-41(42)43)37(53)45-28(25(4)35(51)47-30(39(55)56)18-19-33(50)49(31)6)17-16-23(2)21-24(3)32(59-7)22-27-13-10-9-11-14-27/h8-11,13-14,16-17,21,24-26,28-30,32,34H,12,15,18-20,22H2,1-7H3,(H,45,53)(H,46,52)(H,47,51)(H,48,54)(H,55,56)(H,57,58)(H4,42,43,44)/b17-16+,23-21+,31-8-/t24-,25-,26-,28-,29-,30?,32-,34?/m0/s1. The zero-order valence-electron chi connectivity index (χ0n) is 34.8. The molecule has 0 saturated carbocycles. The van der Waals surface area contributed by atoms with Crippen molar-refractivity contribution in [1.29, 1.82) is 0 Å². The van der Waals surface area contributed by atoms with Crippen molar-refractivity contribution in [2.75, 3.05) is 20.7 Å². The highest BCUT2D eigenvalue weighted by Gasteiger charge is 2.36. The minimum absolute atomic E-state index is 0.0326. The second-order valence-electron chi connectivity index (χ2n) is 14.6. The molecule has 2 unspecified atom stereocenters. The molecule has 18 heteroatoms. The van der Waals surface area contributed by atoms with Gasteiger partial charge in [0.15, 0.2) is 5.96 Å². The van der Waals surface area contributed by atoms with Gasteiger partial charge in [-0.25, -0.2) is 9.59 Å². The van der Waals surface area contributed by atoms with Crippen molar-refractivity contribution in [3.63, 3.8) is 0 Å².